The Balaban J connectivity index is 2.63. The molecule has 0 atom stereocenters. The highest BCUT2D eigenvalue weighted by atomic mass is 19.1. The maximum absolute atomic E-state index is 13.9. The molecule has 0 amide bonds. The van der Waals surface area contributed by atoms with Crippen LogP contribution in [-0.4, -0.2) is 20.3 Å². The van der Waals surface area contributed by atoms with Gasteiger partial charge in [0, 0.05) is 0 Å². The summed E-state index contributed by atoms with van der Waals surface area (Å²) in [7, 11) is 2.91. The van der Waals surface area contributed by atoms with Crippen molar-refractivity contribution in [1.82, 2.24) is 0 Å². The van der Waals surface area contributed by atoms with Crippen LogP contribution in [0.1, 0.15) is 18.4 Å². The summed E-state index contributed by atoms with van der Waals surface area (Å²) in [6.45, 7) is 0. The molecule has 0 heterocycles. The molecule has 90 valence electrons. The zero-order chi connectivity index (χ0) is 12.5. The Morgan fingerprint density at radius 3 is 2.53 bits per heavy atom. The summed E-state index contributed by atoms with van der Waals surface area (Å²) < 4.78 is 24.2. The zero-order valence-electron chi connectivity index (χ0n) is 9.62. The molecule has 1 saturated carbocycles. The molecular weight excluding hydrogens is 225 g/mol. The molecule has 1 aromatic rings. The Morgan fingerprint density at radius 2 is 2.06 bits per heavy atom. The molecule has 5 heteroatoms. The average Bonchev–Trinajstić information content (AvgIpc) is 3.09. The molecule has 4 nitrogen and oxygen atoms in total. The molecule has 1 fully saturated rings. The van der Waals surface area contributed by atoms with Crippen molar-refractivity contribution < 1.29 is 18.7 Å². The standard InChI is InChI=1S/C12H12FNO3/c1-16-9-4-3-8(13)10(11(9)17-2)12(5-6-12)14-7-15/h3-4H,5-6H2,1-2H3. The fraction of sp³-hybridized carbons (Fsp3) is 0.417. The minimum atomic E-state index is -0.814. The lowest BCUT2D eigenvalue weighted by Gasteiger charge is -2.17. The van der Waals surface area contributed by atoms with Crippen LogP contribution in [0.3, 0.4) is 0 Å². The van der Waals surface area contributed by atoms with Crippen LogP contribution in [-0.2, 0) is 10.3 Å². The second-order valence-electron chi connectivity index (χ2n) is 3.89. The number of hydrogen-bond donors (Lipinski definition) is 0. The smallest absolute Gasteiger partial charge is 0.235 e. The minimum Gasteiger partial charge on any atom is -0.493 e. The molecule has 0 N–H and O–H groups in total. The number of halogens is 1. The molecule has 0 aromatic heterocycles. The van der Waals surface area contributed by atoms with Gasteiger partial charge in [-0.05, 0) is 25.0 Å². The molecule has 0 bridgehead atoms. The van der Waals surface area contributed by atoms with Crippen molar-refractivity contribution >= 4 is 6.08 Å². The summed E-state index contributed by atoms with van der Waals surface area (Å²) in [6.07, 6.45) is 2.72. The number of carbonyl (C=O) groups excluding carboxylic acids is 1. The molecule has 1 aromatic carbocycles. The normalized spacial score (nSPS) is 15.9. The summed E-state index contributed by atoms with van der Waals surface area (Å²) in [5.41, 5.74) is -0.533. The number of hydrogen-bond acceptors (Lipinski definition) is 4. The number of ether oxygens (including phenoxy) is 2. The first-order valence-electron chi connectivity index (χ1n) is 5.18. The van der Waals surface area contributed by atoms with Crippen LogP contribution in [0.15, 0.2) is 17.1 Å². The molecule has 0 aliphatic heterocycles. The van der Waals surface area contributed by atoms with E-state index in [9.17, 15) is 9.18 Å². The number of rotatable bonds is 4. The fourth-order valence-electron chi connectivity index (χ4n) is 1.96. The van der Waals surface area contributed by atoms with E-state index in [1.807, 2.05) is 0 Å². The van der Waals surface area contributed by atoms with Gasteiger partial charge >= 0.3 is 0 Å². The Bertz CT molecular complexity index is 491. The van der Waals surface area contributed by atoms with Crippen molar-refractivity contribution in [3.05, 3.63) is 23.5 Å². The number of methoxy groups -OCH3 is 2. The van der Waals surface area contributed by atoms with E-state index in [0.29, 0.717) is 24.3 Å². The van der Waals surface area contributed by atoms with Crippen LogP contribution in [0.5, 0.6) is 11.5 Å². The lowest BCUT2D eigenvalue weighted by Crippen LogP contribution is -2.09. The van der Waals surface area contributed by atoms with Gasteiger partial charge in [0.25, 0.3) is 0 Å². The molecule has 1 aliphatic carbocycles. The monoisotopic (exact) mass is 237 g/mol. The highest BCUT2D eigenvalue weighted by Gasteiger charge is 2.49. The molecule has 2 rings (SSSR count). The summed E-state index contributed by atoms with van der Waals surface area (Å²) in [4.78, 5) is 14.1. The van der Waals surface area contributed by atoms with E-state index in [1.165, 1.54) is 32.4 Å². The average molecular weight is 237 g/mol. The van der Waals surface area contributed by atoms with E-state index in [-0.39, 0.29) is 5.56 Å². The summed E-state index contributed by atoms with van der Waals surface area (Å²) >= 11 is 0. The van der Waals surface area contributed by atoms with Gasteiger partial charge in [-0.1, -0.05) is 0 Å². The third-order valence-electron chi connectivity index (χ3n) is 2.94. The lowest BCUT2D eigenvalue weighted by molar-refractivity contribution is 0.344. The Kier molecular flexibility index (Phi) is 2.86. The first-order valence-corrected chi connectivity index (χ1v) is 5.18. The lowest BCUT2D eigenvalue weighted by atomic mass is 10.0. The van der Waals surface area contributed by atoms with Crippen LogP contribution in [0.4, 0.5) is 4.39 Å². The van der Waals surface area contributed by atoms with Crippen molar-refractivity contribution in [2.24, 2.45) is 4.99 Å². The van der Waals surface area contributed by atoms with E-state index in [4.69, 9.17) is 9.47 Å². The summed E-state index contributed by atoms with van der Waals surface area (Å²) in [5.74, 6) is 0.277. The summed E-state index contributed by atoms with van der Waals surface area (Å²) in [6, 6.07) is 2.77. The van der Waals surface area contributed by atoms with Gasteiger partial charge in [-0.2, -0.15) is 4.99 Å². The predicted molar refractivity (Wildman–Crippen MR) is 58.5 cm³/mol. The fourth-order valence-corrected chi connectivity index (χ4v) is 1.96. The minimum absolute atomic E-state index is 0.280. The van der Waals surface area contributed by atoms with Crippen LogP contribution >= 0.6 is 0 Å². The maximum Gasteiger partial charge on any atom is 0.235 e. The molecule has 0 spiro atoms. The third kappa shape index (κ3) is 1.78. The third-order valence-corrected chi connectivity index (χ3v) is 2.94. The van der Waals surface area contributed by atoms with Crippen molar-refractivity contribution in [3.63, 3.8) is 0 Å². The highest BCUT2D eigenvalue weighted by molar-refractivity contribution is 5.54. The molecule has 0 unspecified atom stereocenters. The van der Waals surface area contributed by atoms with Gasteiger partial charge in [0.2, 0.25) is 6.08 Å². The largest absolute Gasteiger partial charge is 0.493 e. The molecule has 0 saturated heterocycles. The van der Waals surface area contributed by atoms with Gasteiger partial charge in [-0.3, -0.25) is 0 Å². The predicted octanol–water partition coefficient (Wildman–Crippen LogP) is 2.17. The van der Waals surface area contributed by atoms with Gasteiger partial charge in [0.05, 0.1) is 19.8 Å². The van der Waals surface area contributed by atoms with Gasteiger partial charge < -0.3 is 9.47 Å². The number of aliphatic imine (C=N–C) groups is 1. The zero-order valence-corrected chi connectivity index (χ0v) is 9.62. The quantitative estimate of drug-likeness (QED) is 0.595. The van der Waals surface area contributed by atoms with Crippen LogP contribution in [0.2, 0.25) is 0 Å². The van der Waals surface area contributed by atoms with Gasteiger partial charge in [0.15, 0.2) is 11.5 Å². The van der Waals surface area contributed by atoms with E-state index < -0.39 is 11.4 Å². The van der Waals surface area contributed by atoms with Crippen molar-refractivity contribution in [1.29, 1.82) is 0 Å². The number of nitrogens with zero attached hydrogens (tertiary/aromatic N) is 1. The van der Waals surface area contributed by atoms with E-state index in [0.717, 1.165) is 0 Å². The van der Waals surface area contributed by atoms with E-state index in [2.05, 4.69) is 4.99 Å². The summed E-state index contributed by atoms with van der Waals surface area (Å²) in [5, 5.41) is 0. The van der Waals surface area contributed by atoms with E-state index in [1.54, 1.807) is 0 Å². The Hall–Kier alpha value is -1.87. The van der Waals surface area contributed by atoms with E-state index >= 15 is 0 Å². The van der Waals surface area contributed by atoms with Crippen molar-refractivity contribution in [2.75, 3.05) is 14.2 Å². The van der Waals surface area contributed by atoms with Gasteiger partial charge in [-0.15, -0.1) is 0 Å². The number of isocyanates is 1. The first kappa shape index (κ1) is 11.6. The maximum atomic E-state index is 13.9. The molecular formula is C12H12FNO3. The SMILES string of the molecule is COc1ccc(F)c(C2(N=C=O)CC2)c1OC. The molecule has 1 aliphatic rings. The second kappa shape index (κ2) is 4.18. The topological polar surface area (TPSA) is 47.9 Å². The van der Waals surface area contributed by atoms with Crippen molar-refractivity contribution in [2.45, 2.75) is 18.4 Å². The van der Waals surface area contributed by atoms with Gasteiger partial charge in [-0.25, -0.2) is 9.18 Å². The van der Waals surface area contributed by atoms with Crippen molar-refractivity contribution in [3.8, 4) is 11.5 Å². The number of benzene rings is 1. The van der Waals surface area contributed by atoms with Crippen LogP contribution in [0, 0.1) is 5.82 Å². The van der Waals surface area contributed by atoms with Gasteiger partial charge in [0.1, 0.15) is 11.4 Å². The molecule has 17 heavy (non-hydrogen) atoms. The first-order chi connectivity index (χ1) is 8.18. The Morgan fingerprint density at radius 1 is 1.35 bits per heavy atom. The highest BCUT2D eigenvalue weighted by Crippen LogP contribution is 2.54. The second-order valence-corrected chi connectivity index (χ2v) is 3.89. The Labute approximate surface area is 98.1 Å². The van der Waals surface area contributed by atoms with Crippen LogP contribution in [0.25, 0.3) is 0 Å². The van der Waals surface area contributed by atoms with Crippen LogP contribution < -0.4 is 9.47 Å². The molecule has 0 radical (unpaired) electrons.